The fraction of sp³-hybridized carbons (Fsp3) is 0.346. The van der Waals surface area contributed by atoms with Gasteiger partial charge in [-0.1, -0.05) is 23.2 Å². The summed E-state index contributed by atoms with van der Waals surface area (Å²) in [7, 11) is 0. The number of carbonyl (C=O) groups excluding carboxylic acids is 1. The van der Waals surface area contributed by atoms with Gasteiger partial charge in [-0.3, -0.25) is 14.0 Å². The topological polar surface area (TPSA) is 79.7 Å². The number of carbonyl (C=O) groups is 1. The highest BCUT2D eigenvalue weighted by Crippen LogP contribution is 2.32. The molecule has 0 aliphatic carbocycles. The second kappa shape index (κ2) is 9.71. The van der Waals surface area contributed by atoms with Crippen LogP contribution in [0.1, 0.15) is 51.6 Å². The number of aromatic nitrogens is 3. The van der Waals surface area contributed by atoms with Crippen molar-refractivity contribution >= 4 is 58.1 Å². The van der Waals surface area contributed by atoms with E-state index < -0.39 is 0 Å². The summed E-state index contributed by atoms with van der Waals surface area (Å²) < 4.78 is 7.46. The summed E-state index contributed by atoms with van der Waals surface area (Å²) in [5.41, 5.74) is 5.18. The summed E-state index contributed by atoms with van der Waals surface area (Å²) in [5, 5.41) is 1.20. The van der Waals surface area contributed by atoms with Crippen LogP contribution in [0.2, 0.25) is 10.0 Å². The molecular formula is C26H25Cl3N4O3. The molecule has 4 heterocycles. The minimum Gasteiger partial charge on any atom is -0.381 e. The van der Waals surface area contributed by atoms with E-state index in [-0.39, 0.29) is 29.8 Å². The van der Waals surface area contributed by atoms with Gasteiger partial charge in [0.1, 0.15) is 11.3 Å². The Bertz CT molecular complexity index is 1560. The van der Waals surface area contributed by atoms with Crippen molar-refractivity contribution in [2.45, 2.75) is 38.6 Å². The van der Waals surface area contributed by atoms with Gasteiger partial charge in [0.05, 0.1) is 17.2 Å². The second-order valence-electron chi connectivity index (χ2n) is 9.36. The van der Waals surface area contributed by atoms with Gasteiger partial charge in [-0.05, 0) is 67.1 Å². The molecule has 2 aromatic carbocycles. The fourth-order valence-corrected chi connectivity index (χ4v) is 6.00. The number of imidazole rings is 1. The summed E-state index contributed by atoms with van der Waals surface area (Å²) >= 11 is 12.6. The number of aryl methyl sites for hydroxylation is 1. The average Bonchev–Trinajstić information content (AvgIpc) is 3.30. The van der Waals surface area contributed by atoms with Gasteiger partial charge in [0.2, 0.25) is 0 Å². The number of nitrogens with zero attached hydrogens (tertiary/aromatic N) is 3. The van der Waals surface area contributed by atoms with E-state index in [4.69, 9.17) is 27.9 Å². The van der Waals surface area contributed by atoms with E-state index in [9.17, 15) is 9.59 Å². The first-order valence-corrected chi connectivity index (χ1v) is 12.5. The molecule has 0 spiro atoms. The van der Waals surface area contributed by atoms with Gasteiger partial charge in [0, 0.05) is 47.8 Å². The number of H-pyrrole nitrogens is 1. The molecule has 10 heteroatoms. The molecule has 0 unspecified atom stereocenters. The molecule has 0 bridgehead atoms. The summed E-state index contributed by atoms with van der Waals surface area (Å²) in [4.78, 5) is 35.9. The van der Waals surface area contributed by atoms with Gasteiger partial charge in [0.25, 0.3) is 11.5 Å². The predicted octanol–water partition coefficient (Wildman–Crippen LogP) is 5.31. The Balaban J connectivity index is 0.00000267. The molecule has 0 radical (unpaired) electrons. The van der Waals surface area contributed by atoms with Gasteiger partial charge in [-0.25, -0.2) is 4.98 Å². The van der Waals surface area contributed by atoms with Crippen LogP contribution in [0.25, 0.3) is 16.6 Å². The zero-order valence-electron chi connectivity index (χ0n) is 19.6. The van der Waals surface area contributed by atoms with Crippen LogP contribution in [-0.4, -0.2) is 44.9 Å². The minimum absolute atomic E-state index is 0. The van der Waals surface area contributed by atoms with Gasteiger partial charge in [-0.15, -0.1) is 12.4 Å². The molecule has 188 valence electrons. The molecule has 1 saturated heterocycles. The Morgan fingerprint density at radius 3 is 2.69 bits per heavy atom. The van der Waals surface area contributed by atoms with Crippen molar-refractivity contribution in [1.29, 1.82) is 0 Å². The number of rotatable bonds is 2. The van der Waals surface area contributed by atoms with E-state index in [1.165, 1.54) is 0 Å². The molecule has 0 atom stereocenters. The van der Waals surface area contributed by atoms with Crippen molar-refractivity contribution in [2.75, 3.05) is 19.8 Å². The quantitative estimate of drug-likeness (QED) is 0.369. The Kier molecular flexibility index (Phi) is 6.76. The monoisotopic (exact) mass is 546 g/mol. The number of halogens is 3. The Morgan fingerprint density at radius 1 is 1.14 bits per heavy atom. The molecule has 4 aromatic rings. The van der Waals surface area contributed by atoms with Gasteiger partial charge in [0.15, 0.2) is 0 Å². The summed E-state index contributed by atoms with van der Waals surface area (Å²) in [6, 6.07) is 7.39. The van der Waals surface area contributed by atoms with E-state index in [2.05, 4.69) is 9.97 Å². The smallest absolute Gasteiger partial charge is 0.274 e. The summed E-state index contributed by atoms with van der Waals surface area (Å²) in [5.74, 6) is 1.02. The number of nitrogens with one attached hydrogen (secondary N) is 1. The van der Waals surface area contributed by atoms with Crippen molar-refractivity contribution in [3.63, 3.8) is 0 Å². The largest absolute Gasteiger partial charge is 0.381 e. The lowest BCUT2D eigenvalue weighted by Crippen LogP contribution is -2.36. The van der Waals surface area contributed by atoms with Crippen molar-refractivity contribution in [3.8, 4) is 0 Å². The maximum absolute atomic E-state index is 13.6. The van der Waals surface area contributed by atoms with Gasteiger partial charge < -0.3 is 14.6 Å². The minimum atomic E-state index is -0.221. The Labute approximate surface area is 223 Å². The third kappa shape index (κ3) is 4.18. The third-order valence-electron chi connectivity index (χ3n) is 7.20. The van der Waals surface area contributed by atoms with E-state index >= 15 is 0 Å². The first-order chi connectivity index (χ1) is 16.9. The van der Waals surface area contributed by atoms with Crippen LogP contribution < -0.4 is 5.56 Å². The maximum Gasteiger partial charge on any atom is 0.274 e. The number of hydrogen-bond acceptors (Lipinski definition) is 4. The highest BCUT2D eigenvalue weighted by atomic mass is 35.5. The van der Waals surface area contributed by atoms with Crippen LogP contribution in [0.5, 0.6) is 0 Å². The first kappa shape index (κ1) is 25.1. The van der Waals surface area contributed by atoms with E-state index in [1.807, 2.05) is 28.4 Å². The summed E-state index contributed by atoms with van der Waals surface area (Å²) in [6.45, 7) is 4.31. The number of aromatic amines is 1. The molecule has 7 nitrogen and oxygen atoms in total. The van der Waals surface area contributed by atoms with Crippen LogP contribution in [0, 0.1) is 6.92 Å². The molecule has 2 aliphatic rings. The second-order valence-corrected chi connectivity index (χ2v) is 10.2. The van der Waals surface area contributed by atoms with Crippen LogP contribution in [-0.2, 0) is 17.7 Å². The molecule has 2 aromatic heterocycles. The van der Waals surface area contributed by atoms with E-state index in [0.717, 1.165) is 40.9 Å². The molecule has 6 rings (SSSR count). The molecule has 0 saturated carbocycles. The normalized spacial score (nSPS) is 16.2. The SMILES string of the molecule is Cc1cc2c(cc1C(=O)N1CCc3c(Cl)cc(Cl)cc3C1)[nH]c(=O)c1cnc(C3CCOCC3)n12.Cl. The first-order valence-electron chi connectivity index (χ1n) is 11.8. The highest BCUT2D eigenvalue weighted by molar-refractivity contribution is 6.35. The molecule has 36 heavy (non-hydrogen) atoms. The molecule has 2 aliphatic heterocycles. The lowest BCUT2D eigenvalue weighted by molar-refractivity contribution is 0.0734. The van der Waals surface area contributed by atoms with Gasteiger partial charge >= 0.3 is 0 Å². The number of hydrogen-bond donors (Lipinski definition) is 1. The third-order valence-corrected chi connectivity index (χ3v) is 7.76. The predicted molar refractivity (Wildman–Crippen MR) is 143 cm³/mol. The summed E-state index contributed by atoms with van der Waals surface area (Å²) in [6.07, 6.45) is 4.05. The van der Waals surface area contributed by atoms with Crippen LogP contribution in [0.4, 0.5) is 0 Å². The average molecular weight is 548 g/mol. The van der Waals surface area contributed by atoms with Crippen molar-refractivity contribution in [2.24, 2.45) is 0 Å². The number of benzene rings is 2. The van der Waals surface area contributed by atoms with Crippen LogP contribution >= 0.6 is 35.6 Å². The Morgan fingerprint density at radius 2 is 1.92 bits per heavy atom. The fourth-order valence-electron chi connectivity index (χ4n) is 5.37. The Hall–Kier alpha value is -2.58. The van der Waals surface area contributed by atoms with Crippen LogP contribution in [0.3, 0.4) is 0 Å². The van der Waals surface area contributed by atoms with Crippen molar-refractivity contribution in [1.82, 2.24) is 19.3 Å². The molecule has 1 N–H and O–H groups in total. The lowest BCUT2D eigenvalue weighted by Gasteiger charge is -2.30. The van der Waals surface area contributed by atoms with Crippen molar-refractivity contribution < 1.29 is 9.53 Å². The maximum atomic E-state index is 13.6. The highest BCUT2D eigenvalue weighted by Gasteiger charge is 2.26. The number of ether oxygens (including phenoxy) is 1. The van der Waals surface area contributed by atoms with Crippen LogP contribution in [0.15, 0.2) is 35.3 Å². The lowest BCUT2D eigenvalue weighted by atomic mass is 9.98. The molecular weight excluding hydrogens is 523 g/mol. The zero-order valence-corrected chi connectivity index (χ0v) is 22.0. The number of amides is 1. The van der Waals surface area contributed by atoms with E-state index in [0.29, 0.717) is 59.4 Å². The van der Waals surface area contributed by atoms with Gasteiger partial charge in [-0.2, -0.15) is 0 Å². The standard InChI is InChI=1S/C26H24Cl2N4O3.ClH/c1-14-8-22-21(30-25(33)23-12-29-24(32(22)23)15-3-6-35-7-4-15)11-19(14)26(34)31-5-2-18-16(13-31)9-17(27)10-20(18)28;/h8-12,15H,2-7,13H2,1H3,(H,30,33);1H. The zero-order chi connectivity index (χ0) is 24.3. The van der Waals surface area contributed by atoms with E-state index in [1.54, 1.807) is 18.3 Å². The number of fused-ring (bicyclic) bond motifs is 4. The van der Waals surface area contributed by atoms with Crippen molar-refractivity contribution in [3.05, 3.63) is 78.9 Å². The molecule has 1 amide bonds. The molecule has 1 fully saturated rings.